The van der Waals surface area contributed by atoms with Crippen LogP contribution in [0.1, 0.15) is 58.9 Å². The van der Waals surface area contributed by atoms with E-state index in [0.717, 1.165) is 18.4 Å². The van der Waals surface area contributed by atoms with Gasteiger partial charge in [-0.3, -0.25) is 14.2 Å². The zero-order valence-electron chi connectivity index (χ0n) is 24.7. The van der Waals surface area contributed by atoms with Gasteiger partial charge in [0.25, 0.3) is 0 Å². The summed E-state index contributed by atoms with van der Waals surface area (Å²) >= 11 is 0. The third-order valence-electron chi connectivity index (χ3n) is 6.38. The van der Waals surface area contributed by atoms with Gasteiger partial charge in [-0.2, -0.15) is 0 Å². The van der Waals surface area contributed by atoms with Gasteiger partial charge in [0.15, 0.2) is 12.2 Å². The number of urea groups is 1. The number of rotatable bonds is 16. The van der Waals surface area contributed by atoms with E-state index in [1.807, 2.05) is 0 Å². The first kappa shape index (κ1) is 35.3. The maximum absolute atomic E-state index is 13.0. The molecule has 1 heterocycles. The molecule has 0 unspecified atom stereocenters. The number of terminal acetylenes is 1. The molecule has 13 heteroatoms. The minimum Gasteiger partial charge on any atom is -0.456 e. The Hall–Kier alpha value is -2.94. The van der Waals surface area contributed by atoms with Crippen molar-refractivity contribution in [3.8, 4) is 12.3 Å². The van der Waals surface area contributed by atoms with Crippen LogP contribution in [0, 0.1) is 12.3 Å². The number of nitrogens with one attached hydrogen (secondary N) is 2. The molecule has 0 bridgehead atoms. The maximum atomic E-state index is 13.0. The van der Waals surface area contributed by atoms with Crippen LogP contribution in [0.15, 0.2) is 24.3 Å². The number of unbranched alkanes of at least 4 members (excludes halogenated alkanes) is 2. The Balaban J connectivity index is 2.18. The van der Waals surface area contributed by atoms with Gasteiger partial charge in [0.2, 0.25) is 0 Å². The summed E-state index contributed by atoms with van der Waals surface area (Å²) in [5, 5.41) is 16.6. The summed E-state index contributed by atoms with van der Waals surface area (Å²) in [5.74, 6) is 1.25. The second kappa shape index (κ2) is 17.9. The number of aliphatic hydroxyl groups is 1. The molecule has 234 valence electrons. The number of carbonyl (C=O) groups excluding carboxylic acids is 3. The standard InChI is InChI=1S/C29H43N2O10P/c1-6-9-10-11-17-30-29(35)31-23-14-12-22(13-15-23)19-25-27(39-20(4)32)28(40-21(5)33)26(34)24(41-25)16-18-42(36,37-7-2)38-8-3/h1,12-15,24-28,34H,7-11,16-19H2,2-5H3,(H2,30,31,35)/t24-,25-,26-,27-,28+/m1/s1. The molecule has 2 rings (SSSR count). The van der Waals surface area contributed by atoms with Crippen LogP contribution in [0.5, 0.6) is 0 Å². The molecule has 0 aromatic heterocycles. The van der Waals surface area contributed by atoms with Crippen molar-refractivity contribution in [1.82, 2.24) is 5.32 Å². The first-order valence-electron chi connectivity index (χ1n) is 14.1. The van der Waals surface area contributed by atoms with Crippen molar-refractivity contribution < 1.29 is 47.3 Å². The van der Waals surface area contributed by atoms with E-state index < -0.39 is 50.1 Å². The molecule has 1 aliphatic heterocycles. The molecule has 3 N–H and O–H groups in total. The smallest absolute Gasteiger partial charge is 0.330 e. The number of hydrogen-bond acceptors (Lipinski definition) is 10. The van der Waals surface area contributed by atoms with Gasteiger partial charge in [-0.1, -0.05) is 12.1 Å². The molecular formula is C29H43N2O10P. The van der Waals surface area contributed by atoms with E-state index >= 15 is 0 Å². The second-order valence-corrected chi connectivity index (χ2v) is 11.9. The van der Waals surface area contributed by atoms with Gasteiger partial charge < -0.3 is 39.0 Å². The van der Waals surface area contributed by atoms with Crippen LogP contribution in [0.4, 0.5) is 10.5 Å². The molecule has 1 aromatic rings. The molecule has 1 aliphatic rings. The van der Waals surface area contributed by atoms with Gasteiger partial charge in [-0.15, -0.1) is 12.3 Å². The molecule has 1 saturated heterocycles. The monoisotopic (exact) mass is 610 g/mol. The van der Waals surface area contributed by atoms with Crippen molar-refractivity contribution >= 4 is 31.3 Å². The van der Waals surface area contributed by atoms with E-state index in [0.29, 0.717) is 18.7 Å². The van der Waals surface area contributed by atoms with E-state index in [4.69, 9.17) is 29.7 Å². The number of hydrogen-bond donors (Lipinski definition) is 3. The molecular weight excluding hydrogens is 567 g/mol. The maximum Gasteiger partial charge on any atom is 0.330 e. The molecule has 1 aromatic carbocycles. The Morgan fingerprint density at radius 3 is 2.19 bits per heavy atom. The van der Waals surface area contributed by atoms with Gasteiger partial charge in [0, 0.05) is 38.9 Å². The van der Waals surface area contributed by atoms with E-state index in [-0.39, 0.29) is 38.2 Å². The summed E-state index contributed by atoms with van der Waals surface area (Å²) in [4.78, 5) is 36.1. The Kier molecular flexibility index (Phi) is 15.0. The van der Waals surface area contributed by atoms with Crippen molar-refractivity contribution in [2.75, 3.05) is 31.2 Å². The lowest BCUT2D eigenvalue weighted by atomic mass is 9.90. The molecule has 1 fully saturated rings. The Morgan fingerprint density at radius 1 is 1.00 bits per heavy atom. The summed E-state index contributed by atoms with van der Waals surface area (Å²) in [5.41, 5.74) is 1.33. The number of amides is 2. The zero-order valence-corrected chi connectivity index (χ0v) is 25.6. The van der Waals surface area contributed by atoms with Gasteiger partial charge >= 0.3 is 25.6 Å². The third kappa shape index (κ3) is 11.7. The largest absolute Gasteiger partial charge is 0.456 e. The lowest BCUT2D eigenvalue weighted by Crippen LogP contribution is -2.60. The number of esters is 2. The SMILES string of the molecule is C#CCCCCNC(=O)Nc1ccc(C[C@H]2O[C@H](CCP(=O)(OCC)OCC)[C@@H](O)[C@H](OC(C)=O)[C@@H]2OC(C)=O)cc1. The lowest BCUT2D eigenvalue weighted by molar-refractivity contribution is -0.240. The Morgan fingerprint density at radius 2 is 1.62 bits per heavy atom. The highest BCUT2D eigenvalue weighted by Crippen LogP contribution is 2.49. The van der Waals surface area contributed by atoms with Crippen LogP contribution < -0.4 is 10.6 Å². The van der Waals surface area contributed by atoms with Crippen LogP contribution in [-0.2, 0) is 43.8 Å². The zero-order chi connectivity index (χ0) is 31.1. The molecule has 2 amide bonds. The van der Waals surface area contributed by atoms with Crippen molar-refractivity contribution in [2.45, 2.75) is 90.3 Å². The van der Waals surface area contributed by atoms with Gasteiger partial charge in [-0.05, 0) is 50.8 Å². The highest BCUT2D eigenvalue weighted by molar-refractivity contribution is 7.53. The highest BCUT2D eigenvalue weighted by Gasteiger charge is 2.49. The minimum atomic E-state index is -3.45. The van der Waals surface area contributed by atoms with Crippen LogP contribution >= 0.6 is 7.60 Å². The fraction of sp³-hybridized carbons (Fsp3) is 0.621. The number of benzene rings is 1. The average Bonchev–Trinajstić information content (AvgIpc) is 2.92. The summed E-state index contributed by atoms with van der Waals surface area (Å²) in [6.07, 6.45) is 2.29. The molecule has 0 radical (unpaired) electrons. The third-order valence-corrected chi connectivity index (χ3v) is 8.49. The van der Waals surface area contributed by atoms with Crippen molar-refractivity contribution in [3.05, 3.63) is 29.8 Å². The number of carbonyl (C=O) groups is 3. The van der Waals surface area contributed by atoms with Crippen molar-refractivity contribution in [2.24, 2.45) is 0 Å². The second-order valence-electron chi connectivity index (χ2n) is 9.75. The molecule has 5 atom stereocenters. The molecule has 12 nitrogen and oxygen atoms in total. The first-order valence-corrected chi connectivity index (χ1v) is 15.9. The van der Waals surface area contributed by atoms with E-state index in [1.165, 1.54) is 13.8 Å². The van der Waals surface area contributed by atoms with Crippen LogP contribution in [0.2, 0.25) is 0 Å². The predicted octanol–water partition coefficient (Wildman–Crippen LogP) is 3.80. The number of ether oxygens (including phenoxy) is 3. The topological polar surface area (TPSA) is 159 Å². The summed E-state index contributed by atoms with van der Waals surface area (Å²) < 4.78 is 40.9. The van der Waals surface area contributed by atoms with Gasteiger partial charge in [0.05, 0.1) is 25.5 Å². The fourth-order valence-corrected chi connectivity index (χ4v) is 6.29. The number of aliphatic hydroxyl groups excluding tert-OH is 1. The van der Waals surface area contributed by atoms with Crippen molar-refractivity contribution in [1.29, 1.82) is 0 Å². The fourth-order valence-electron chi connectivity index (χ4n) is 4.60. The van der Waals surface area contributed by atoms with Crippen molar-refractivity contribution in [3.63, 3.8) is 0 Å². The molecule has 0 aliphatic carbocycles. The first-order chi connectivity index (χ1) is 20.0. The summed E-state index contributed by atoms with van der Waals surface area (Å²) in [7, 11) is -3.45. The van der Waals surface area contributed by atoms with Crippen LogP contribution in [-0.4, -0.2) is 79.5 Å². The number of anilines is 1. The predicted molar refractivity (Wildman–Crippen MR) is 156 cm³/mol. The Bertz CT molecular complexity index is 1100. The summed E-state index contributed by atoms with van der Waals surface area (Å²) in [6.45, 7) is 6.66. The highest BCUT2D eigenvalue weighted by atomic mass is 31.2. The lowest BCUT2D eigenvalue weighted by Gasteiger charge is -2.44. The average molecular weight is 611 g/mol. The van der Waals surface area contributed by atoms with Crippen LogP contribution in [0.25, 0.3) is 0 Å². The van der Waals surface area contributed by atoms with Gasteiger partial charge in [-0.25, -0.2) is 4.79 Å². The molecule has 0 spiro atoms. The van der Waals surface area contributed by atoms with Gasteiger partial charge in [0.1, 0.15) is 12.2 Å². The van der Waals surface area contributed by atoms with E-state index in [1.54, 1.807) is 38.1 Å². The van der Waals surface area contributed by atoms with Crippen LogP contribution in [0.3, 0.4) is 0 Å². The van der Waals surface area contributed by atoms with E-state index in [2.05, 4.69) is 16.6 Å². The molecule has 0 saturated carbocycles. The van der Waals surface area contributed by atoms with E-state index in [9.17, 15) is 24.1 Å². The molecule has 42 heavy (non-hydrogen) atoms. The quantitative estimate of drug-likeness (QED) is 0.109. The minimum absolute atomic E-state index is 0.0412. The Labute approximate surface area is 247 Å². The summed E-state index contributed by atoms with van der Waals surface area (Å²) in [6, 6.07) is 6.64. The normalized spacial score (nSPS) is 22.0.